The van der Waals surface area contributed by atoms with Gasteiger partial charge in [0.25, 0.3) is 0 Å². The maximum atomic E-state index is 9.11. The van der Waals surface area contributed by atoms with Crippen molar-refractivity contribution in [3.8, 4) is 0 Å². The first kappa shape index (κ1) is 11.5. The highest BCUT2D eigenvalue weighted by Crippen LogP contribution is 2.28. The van der Waals surface area contributed by atoms with Crippen molar-refractivity contribution in [2.24, 2.45) is 0 Å². The van der Waals surface area contributed by atoms with E-state index in [9.17, 15) is 0 Å². The lowest BCUT2D eigenvalue weighted by molar-refractivity contribution is 0.183. The van der Waals surface area contributed by atoms with Gasteiger partial charge in [-0.3, -0.25) is 0 Å². The lowest BCUT2D eigenvalue weighted by Crippen LogP contribution is -2.05. The Labute approximate surface area is 89.5 Å². The molecule has 0 bridgehead atoms. The van der Waals surface area contributed by atoms with Crippen LogP contribution >= 0.6 is 11.6 Å². The minimum atomic E-state index is 0.0499. The molecule has 0 aromatic heterocycles. The van der Waals surface area contributed by atoms with Crippen LogP contribution in [0.2, 0.25) is 5.02 Å². The molecule has 78 valence electrons. The monoisotopic (exact) mass is 214 g/mol. The van der Waals surface area contributed by atoms with Gasteiger partial charge < -0.3 is 9.84 Å². The topological polar surface area (TPSA) is 29.5 Å². The van der Waals surface area contributed by atoms with Gasteiger partial charge in [-0.15, -0.1) is 0 Å². The third-order valence-electron chi connectivity index (χ3n) is 2.21. The van der Waals surface area contributed by atoms with Crippen molar-refractivity contribution < 1.29 is 9.84 Å². The molecule has 0 saturated carbocycles. The van der Waals surface area contributed by atoms with Crippen LogP contribution in [0.4, 0.5) is 0 Å². The molecule has 0 fully saturated rings. The molecule has 1 aromatic carbocycles. The molecule has 3 heteroatoms. The second-order valence-corrected chi connectivity index (χ2v) is 3.74. The molecule has 0 aliphatic heterocycles. The van der Waals surface area contributed by atoms with Crippen molar-refractivity contribution in [3.05, 3.63) is 34.3 Å². The molecular weight excluding hydrogens is 200 g/mol. The molecule has 0 amide bonds. The van der Waals surface area contributed by atoms with Crippen LogP contribution in [0, 0.1) is 0 Å². The van der Waals surface area contributed by atoms with Gasteiger partial charge in [-0.05, 0) is 17.2 Å². The average molecular weight is 215 g/mol. The fraction of sp³-hybridized carbons (Fsp3) is 0.455. The molecule has 14 heavy (non-hydrogen) atoms. The van der Waals surface area contributed by atoms with E-state index in [1.807, 2.05) is 25.1 Å². The molecule has 1 aromatic rings. The number of aliphatic hydroxyl groups is 1. The number of hydrogen-bond donors (Lipinski definition) is 1. The largest absolute Gasteiger partial charge is 0.396 e. The van der Waals surface area contributed by atoms with Crippen LogP contribution in [0.1, 0.15) is 24.0 Å². The fourth-order valence-electron chi connectivity index (χ4n) is 1.51. The second kappa shape index (κ2) is 5.35. The van der Waals surface area contributed by atoms with Crippen molar-refractivity contribution in [2.75, 3.05) is 13.7 Å². The highest BCUT2D eigenvalue weighted by atomic mass is 35.5. The summed E-state index contributed by atoms with van der Waals surface area (Å²) >= 11 is 6.07. The Morgan fingerprint density at radius 3 is 2.79 bits per heavy atom. The van der Waals surface area contributed by atoms with Crippen LogP contribution in [-0.4, -0.2) is 18.8 Å². The van der Waals surface area contributed by atoms with Gasteiger partial charge in [-0.1, -0.05) is 30.7 Å². The summed E-state index contributed by atoms with van der Waals surface area (Å²) in [5, 5.41) is 9.80. The minimum absolute atomic E-state index is 0.0499. The number of hydrogen-bond acceptors (Lipinski definition) is 2. The van der Waals surface area contributed by atoms with Crippen LogP contribution in [0.5, 0.6) is 0 Å². The molecule has 1 rings (SSSR count). The van der Waals surface area contributed by atoms with Crippen LogP contribution < -0.4 is 0 Å². The van der Waals surface area contributed by atoms with Crippen molar-refractivity contribution in [2.45, 2.75) is 19.4 Å². The van der Waals surface area contributed by atoms with E-state index in [0.717, 1.165) is 11.1 Å². The zero-order valence-electron chi connectivity index (χ0n) is 8.46. The normalized spacial score (nSPS) is 12.9. The lowest BCUT2D eigenvalue weighted by atomic mass is 9.96. The molecule has 0 aliphatic rings. The first-order chi connectivity index (χ1) is 6.70. The molecule has 0 heterocycles. The molecule has 1 N–H and O–H groups in total. The first-order valence-corrected chi connectivity index (χ1v) is 4.95. The van der Waals surface area contributed by atoms with Gasteiger partial charge in [0.1, 0.15) is 0 Å². The van der Waals surface area contributed by atoms with Crippen LogP contribution in [0.15, 0.2) is 18.2 Å². The summed E-state index contributed by atoms with van der Waals surface area (Å²) < 4.78 is 5.08. The summed E-state index contributed by atoms with van der Waals surface area (Å²) in [6.45, 7) is 2.57. The van der Waals surface area contributed by atoms with Gasteiger partial charge in [0.05, 0.1) is 6.61 Å². The zero-order valence-corrected chi connectivity index (χ0v) is 9.21. The average Bonchev–Trinajstić information content (AvgIpc) is 2.18. The molecule has 0 saturated heterocycles. The molecule has 1 unspecified atom stereocenters. The highest BCUT2D eigenvalue weighted by molar-refractivity contribution is 6.31. The Morgan fingerprint density at radius 2 is 2.21 bits per heavy atom. The maximum Gasteiger partial charge on any atom is 0.0716 e. The van der Waals surface area contributed by atoms with Gasteiger partial charge >= 0.3 is 0 Å². The van der Waals surface area contributed by atoms with E-state index in [1.165, 1.54) is 0 Å². The molecule has 0 spiro atoms. The summed E-state index contributed by atoms with van der Waals surface area (Å²) in [7, 11) is 1.65. The first-order valence-electron chi connectivity index (χ1n) is 4.57. The Bertz CT molecular complexity index is 299. The molecular formula is C11H15ClO2. The Morgan fingerprint density at radius 1 is 1.50 bits per heavy atom. The van der Waals surface area contributed by atoms with Gasteiger partial charge in [-0.25, -0.2) is 0 Å². The second-order valence-electron chi connectivity index (χ2n) is 3.33. The Hall–Kier alpha value is -0.570. The highest BCUT2D eigenvalue weighted by Gasteiger charge is 2.13. The van der Waals surface area contributed by atoms with Crippen molar-refractivity contribution in [3.63, 3.8) is 0 Å². The van der Waals surface area contributed by atoms with Gasteiger partial charge in [-0.2, -0.15) is 0 Å². The minimum Gasteiger partial charge on any atom is -0.396 e. The quantitative estimate of drug-likeness (QED) is 0.835. The zero-order chi connectivity index (χ0) is 10.6. The van der Waals surface area contributed by atoms with Crippen molar-refractivity contribution in [1.82, 2.24) is 0 Å². The standard InChI is InChI=1S/C11H15ClO2/c1-8(6-13)11-9(7-14-2)4-3-5-10(11)12/h3-5,8,13H,6-7H2,1-2H3. The SMILES string of the molecule is COCc1cccc(Cl)c1C(C)CO. The Kier molecular flexibility index (Phi) is 4.39. The summed E-state index contributed by atoms with van der Waals surface area (Å²) in [6.07, 6.45) is 0. The fourth-order valence-corrected chi connectivity index (χ4v) is 1.89. The Balaban J connectivity index is 3.08. The van der Waals surface area contributed by atoms with E-state index in [4.69, 9.17) is 21.4 Å². The molecule has 0 aliphatic carbocycles. The van der Waals surface area contributed by atoms with Crippen molar-refractivity contribution in [1.29, 1.82) is 0 Å². The van der Waals surface area contributed by atoms with E-state index in [1.54, 1.807) is 7.11 Å². The summed E-state index contributed by atoms with van der Waals surface area (Å²) in [5.74, 6) is 0.0499. The lowest BCUT2D eigenvalue weighted by Gasteiger charge is -2.15. The van der Waals surface area contributed by atoms with Crippen LogP contribution in [-0.2, 0) is 11.3 Å². The van der Waals surface area contributed by atoms with Crippen LogP contribution in [0.3, 0.4) is 0 Å². The predicted octanol–water partition coefficient (Wildman–Crippen LogP) is 2.58. The number of halogens is 1. The third-order valence-corrected chi connectivity index (χ3v) is 2.54. The summed E-state index contributed by atoms with van der Waals surface area (Å²) in [5.41, 5.74) is 2.03. The van der Waals surface area contributed by atoms with Gasteiger partial charge in [0, 0.05) is 24.7 Å². The van der Waals surface area contributed by atoms with E-state index < -0.39 is 0 Å². The number of rotatable bonds is 4. The van der Waals surface area contributed by atoms with E-state index >= 15 is 0 Å². The van der Waals surface area contributed by atoms with E-state index in [0.29, 0.717) is 11.6 Å². The van der Waals surface area contributed by atoms with Crippen molar-refractivity contribution >= 4 is 11.6 Å². The van der Waals surface area contributed by atoms with E-state index in [-0.39, 0.29) is 12.5 Å². The van der Waals surface area contributed by atoms with Gasteiger partial charge in [0.15, 0.2) is 0 Å². The maximum absolute atomic E-state index is 9.11. The summed E-state index contributed by atoms with van der Waals surface area (Å²) in [6, 6.07) is 5.70. The van der Waals surface area contributed by atoms with Crippen LogP contribution in [0.25, 0.3) is 0 Å². The number of benzene rings is 1. The summed E-state index contributed by atoms with van der Waals surface area (Å²) in [4.78, 5) is 0. The smallest absolute Gasteiger partial charge is 0.0716 e. The molecule has 0 radical (unpaired) electrons. The van der Waals surface area contributed by atoms with E-state index in [2.05, 4.69) is 0 Å². The van der Waals surface area contributed by atoms with Gasteiger partial charge in [0.2, 0.25) is 0 Å². The number of ether oxygens (including phenoxy) is 1. The number of methoxy groups -OCH3 is 1. The third kappa shape index (κ3) is 2.47. The molecule has 2 nitrogen and oxygen atoms in total. The number of aliphatic hydroxyl groups excluding tert-OH is 1. The predicted molar refractivity (Wildman–Crippen MR) is 57.7 cm³/mol. The molecule has 1 atom stereocenters.